The standard InChI is InChI=1S/C42H75NO2/c1-8-10-36-29-41(44-7)37(30-42(36)45-28-27-32(4)12-9-11-31(2)3)20-17-35-18-25-40(26-19-35)43(38-21-13-33(5)14-22-38)39-23-15-34(6)16-24-39/h8,10,17,20,31-42H,9,11-16,18-19,21-30H2,1-7H3. The first kappa shape index (κ1) is 37.2. The number of methoxy groups -OCH3 is 1. The zero-order valence-electron chi connectivity index (χ0n) is 30.9. The molecule has 0 aliphatic heterocycles. The Bertz CT molecular complexity index is 821. The van der Waals surface area contributed by atoms with Gasteiger partial charge in [-0.1, -0.05) is 78.2 Å². The first-order valence-electron chi connectivity index (χ1n) is 20.0. The van der Waals surface area contributed by atoms with E-state index in [1.807, 2.05) is 7.11 Å². The van der Waals surface area contributed by atoms with Gasteiger partial charge in [-0.3, -0.25) is 4.90 Å². The lowest BCUT2D eigenvalue weighted by Crippen LogP contribution is -2.52. The molecule has 0 heterocycles. The normalized spacial score (nSPS) is 37.6. The van der Waals surface area contributed by atoms with Crippen LogP contribution in [0.3, 0.4) is 0 Å². The lowest BCUT2D eigenvalue weighted by Gasteiger charge is -2.49. The summed E-state index contributed by atoms with van der Waals surface area (Å²) in [5.41, 5.74) is 0. The summed E-state index contributed by atoms with van der Waals surface area (Å²) < 4.78 is 12.8. The maximum atomic E-state index is 6.68. The van der Waals surface area contributed by atoms with E-state index in [2.05, 4.69) is 70.7 Å². The van der Waals surface area contributed by atoms with Crippen LogP contribution < -0.4 is 0 Å². The van der Waals surface area contributed by atoms with Gasteiger partial charge >= 0.3 is 0 Å². The van der Waals surface area contributed by atoms with Gasteiger partial charge in [0.05, 0.1) is 12.2 Å². The van der Waals surface area contributed by atoms with Crippen molar-refractivity contribution in [1.29, 1.82) is 0 Å². The Hall–Kier alpha value is -0.640. The van der Waals surface area contributed by atoms with E-state index in [1.165, 1.54) is 103 Å². The minimum absolute atomic E-state index is 0.298. The molecule has 0 spiro atoms. The lowest BCUT2D eigenvalue weighted by atomic mass is 9.76. The van der Waals surface area contributed by atoms with Crippen LogP contribution >= 0.6 is 0 Å². The number of allylic oxidation sites excluding steroid dienone is 2. The van der Waals surface area contributed by atoms with Gasteiger partial charge in [-0.25, -0.2) is 0 Å². The van der Waals surface area contributed by atoms with Crippen LogP contribution in [0.25, 0.3) is 0 Å². The summed E-state index contributed by atoms with van der Waals surface area (Å²) in [6.07, 6.45) is 34.9. The van der Waals surface area contributed by atoms with Crippen LogP contribution in [0.4, 0.5) is 0 Å². The maximum absolute atomic E-state index is 6.68. The van der Waals surface area contributed by atoms with Crippen LogP contribution in [0, 0.1) is 41.4 Å². The maximum Gasteiger partial charge on any atom is 0.0645 e. The molecule has 3 nitrogen and oxygen atoms in total. The number of hydrogen-bond donors (Lipinski definition) is 0. The third-order valence-electron chi connectivity index (χ3n) is 12.7. The summed E-state index contributed by atoms with van der Waals surface area (Å²) in [5.74, 6) is 5.11. The van der Waals surface area contributed by atoms with E-state index in [0.29, 0.717) is 24.0 Å². The molecule has 4 saturated carbocycles. The highest BCUT2D eigenvalue weighted by Crippen LogP contribution is 2.40. The SMILES string of the molecule is CC=CC1CC(OC)C(C=CC2CCC(N(C3CCC(C)CC3)C3CCC(C)CC3)CC2)CC1OCCC(C)CCCC(C)C. The second kappa shape index (κ2) is 19.4. The smallest absolute Gasteiger partial charge is 0.0645 e. The van der Waals surface area contributed by atoms with E-state index >= 15 is 0 Å². The molecule has 0 aromatic carbocycles. The van der Waals surface area contributed by atoms with Crippen molar-refractivity contribution in [2.24, 2.45) is 41.4 Å². The van der Waals surface area contributed by atoms with Gasteiger partial charge in [0.1, 0.15) is 0 Å². The molecule has 4 aliphatic rings. The molecule has 260 valence electrons. The van der Waals surface area contributed by atoms with Crippen LogP contribution in [0.2, 0.25) is 0 Å². The fourth-order valence-electron chi connectivity index (χ4n) is 9.61. The van der Waals surface area contributed by atoms with Crippen molar-refractivity contribution in [2.45, 2.75) is 187 Å². The average molecular weight is 626 g/mol. The van der Waals surface area contributed by atoms with Gasteiger partial charge in [-0.15, -0.1) is 0 Å². The van der Waals surface area contributed by atoms with Gasteiger partial charge in [0, 0.05) is 43.7 Å². The van der Waals surface area contributed by atoms with Gasteiger partial charge in [-0.2, -0.15) is 0 Å². The van der Waals surface area contributed by atoms with Crippen molar-refractivity contribution in [3.05, 3.63) is 24.3 Å². The fraction of sp³-hybridized carbons (Fsp3) is 0.905. The molecule has 0 aromatic rings. The minimum Gasteiger partial charge on any atom is -0.381 e. The zero-order chi connectivity index (χ0) is 32.2. The minimum atomic E-state index is 0.298. The van der Waals surface area contributed by atoms with Gasteiger partial charge in [0.15, 0.2) is 0 Å². The predicted octanol–water partition coefficient (Wildman–Crippen LogP) is 11.4. The first-order chi connectivity index (χ1) is 21.8. The van der Waals surface area contributed by atoms with Crippen molar-refractivity contribution in [2.75, 3.05) is 13.7 Å². The van der Waals surface area contributed by atoms with Crippen molar-refractivity contribution in [3.63, 3.8) is 0 Å². The van der Waals surface area contributed by atoms with Crippen LogP contribution in [-0.4, -0.2) is 49.0 Å². The molecule has 3 heteroatoms. The summed E-state index contributed by atoms with van der Waals surface area (Å²) >= 11 is 0. The van der Waals surface area contributed by atoms with Crippen LogP contribution in [-0.2, 0) is 9.47 Å². The third-order valence-corrected chi connectivity index (χ3v) is 12.7. The summed E-state index contributed by atoms with van der Waals surface area (Å²) in [6.45, 7) is 15.1. The molecule has 0 bridgehead atoms. The van der Waals surface area contributed by atoms with Gasteiger partial charge in [0.25, 0.3) is 0 Å². The molecule has 45 heavy (non-hydrogen) atoms. The summed E-state index contributed by atoms with van der Waals surface area (Å²) in [4.78, 5) is 3.13. The number of rotatable bonds is 15. The Labute approximate surface area is 280 Å². The molecule has 5 atom stereocenters. The van der Waals surface area contributed by atoms with Crippen molar-refractivity contribution in [3.8, 4) is 0 Å². The Morgan fingerprint density at radius 2 is 1.18 bits per heavy atom. The molecule has 5 unspecified atom stereocenters. The van der Waals surface area contributed by atoms with Crippen molar-refractivity contribution < 1.29 is 9.47 Å². The summed E-state index contributed by atoms with van der Waals surface area (Å²) in [6, 6.07) is 2.53. The molecule has 4 rings (SSSR count). The van der Waals surface area contributed by atoms with E-state index < -0.39 is 0 Å². The quantitative estimate of drug-likeness (QED) is 0.169. The van der Waals surface area contributed by atoms with E-state index in [1.54, 1.807) is 0 Å². The highest BCUT2D eigenvalue weighted by Gasteiger charge is 2.38. The van der Waals surface area contributed by atoms with E-state index in [9.17, 15) is 0 Å². The van der Waals surface area contributed by atoms with E-state index in [-0.39, 0.29) is 0 Å². The molecule has 0 amide bonds. The van der Waals surface area contributed by atoms with E-state index in [4.69, 9.17) is 9.47 Å². The highest BCUT2D eigenvalue weighted by atomic mass is 16.5. The molecular weight excluding hydrogens is 550 g/mol. The number of ether oxygens (including phenoxy) is 2. The predicted molar refractivity (Wildman–Crippen MR) is 194 cm³/mol. The molecular formula is C42H75NO2. The second-order valence-electron chi connectivity index (χ2n) is 17.0. The van der Waals surface area contributed by atoms with Crippen LogP contribution in [0.15, 0.2) is 24.3 Å². The molecule has 0 N–H and O–H groups in total. The number of nitrogens with zero attached hydrogens (tertiary/aromatic N) is 1. The third kappa shape index (κ3) is 11.8. The Morgan fingerprint density at radius 3 is 1.71 bits per heavy atom. The molecule has 0 radical (unpaired) electrons. The van der Waals surface area contributed by atoms with Crippen molar-refractivity contribution >= 4 is 0 Å². The Balaban J connectivity index is 1.30. The molecule has 0 aromatic heterocycles. The highest BCUT2D eigenvalue weighted by molar-refractivity contribution is 5.05. The summed E-state index contributed by atoms with van der Waals surface area (Å²) in [5, 5.41) is 0. The zero-order valence-corrected chi connectivity index (χ0v) is 30.9. The second-order valence-corrected chi connectivity index (χ2v) is 17.0. The molecule has 0 saturated heterocycles. The first-order valence-corrected chi connectivity index (χ1v) is 20.0. The average Bonchev–Trinajstić information content (AvgIpc) is 3.03. The largest absolute Gasteiger partial charge is 0.381 e. The van der Waals surface area contributed by atoms with E-state index in [0.717, 1.165) is 67.2 Å². The topological polar surface area (TPSA) is 21.7 Å². The lowest BCUT2D eigenvalue weighted by molar-refractivity contribution is -0.0614. The van der Waals surface area contributed by atoms with Crippen molar-refractivity contribution in [1.82, 2.24) is 4.90 Å². The monoisotopic (exact) mass is 626 g/mol. The van der Waals surface area contributed by atoms with Gasteiger partial charge in [0.2, 0.25) is 0 Å². The Kier molecular flexibility index (Phi) is 16.0. The molecule has 4 fully saturated rings. The number of hydrogen-bond acceptors (Lipinski definition) is 3. The molecule has 4 aliphatic carbocycles. The van der Waals surface area contributed by atoms with Gasteiger partial charge in [-0.05, 0) is 133 Å². The Morgan fingerprint density at radius 1 is 0.644 bits per heavy atom. The van der Waals surface area contributed by atoms with Gasteiger partial charge < -0.3 is 9.47 Å². The van der Waals surface area contributed by atoms with Crippen LogP contribution in [0.1, 0.15) is 157 Å². The summed E-state index contributed by atoms with van der Waals surface area (Å²) in [7, 11) is 1.93. The van der Waals surface area contributed by atoms with Crippen LogP contribution in [0.5, 0.6) is 0 Å². The fourth-order valence-corrected chi connectivity index (χ4v) is 9.61.